The van der Waals surface area contributed by atoms with Crippen molar-refractivity contribution in [3.8, 4) is 11.3 Å². The Morgan fingerprint density at radius 2 is 1.96 bits per heavy atom. The lowest BCUT2D eigenvalue weighted by Gasteiger charge is -2.34. The standard InChI is InChI=1S/C18H20N6O/c1-14-21-16(13-25-14)12-23-7-9-24(10-8-23)18-20-6-4-17(22-18)15-3-2-5-19-11-15/h2-6,11,13H,7-10,12H2,1H3. The number of rotatable bonds is 4. The zero-order chi connectivity index (χ0) is 17.1. The van der Waals surface area contributed by atoms with E-state index in [-0.39, 0.29) is 0 Å². The molecule has 0 radical (unpaired) electrons. The largest absolute Gasteiger partial charge is 0.449 e. The van der Waals surface area contributed by atoms with Gasteiger partial charge >= 0.3 is 0 Å². The van der Waals surface area contributed by atoms with Crippen molar-refractivity contribution in [2.45, 2.75) is 13.5 Å². The normalized spacial score (nSPS) is 15.5. The molecule has 1 aliphatic heterocycles. The maximum Gasteiger partial charge on any atom is 0.225 e. The molecule has 0 spiro atoms. The summed E-state index contributed by atoms with van der Waals surface area (Å²) in [6, 6.07) is 5.85. The fourth-order valence-electron chi connectivity index (χ4n) is 2.99. The van der Waals surface area contributed by atoms with Crippen LogP contribution in [0.1, 0.15) is 11.6 Å². The third-order valence-corrected chi connectivity index (χ3v) is 4.31. The lowest BCUT2D eigenvalue weighted by Crippen LogP contribution is -2.46. The smallest absolute Gasteiger partial charge is 0.225 e. The van der Waals surface area contributed by atoms with Gasteiger partial charge in [-0.25, -0.2) is 15.0 Å². The van der Waals surface area contributed by atoms with Crippen LogP contribution in [0.5, 0.6) is 0 Å². The summed E-state index contributed by atoms with van der Waals surface area (Å²) in [5.74, 6) is 1.49. The van der Waals surface area contributed by atoms with E-state index >= 15 is 0 Å². The first kappa shape index (κ1) is 15.7. The van der Waals surface area contributed by atoms with Crippen molar-refractivity contribution in [2.75, 3.05) is 31.1 Å². The SMILES string of the molecule is Cc1nc(CN2CCN(c3nccc(-c4cccnc4)n3)CC2)co1. The topological polar surface area (TPSA) is 71.2 Å². The molecule has 0 saturated carbocycles. The van der Waals surface area contributed by atoms with Gasteiger partial charge in [0, 0.05) is 63.8 Å². The molecule has 4 rings (SSSR count). The van der Waals surface area contributed by atoms with Gasteiger partial charge in [-0.2, -0.15) is 0 Å². The summed E-state index contributed by atoms with van der Waals surface area (Å²) in [6.45, 7) is 6.38. The molecular formula is C18H20N6O. The highest BCUT2D eigenvalue weighted by atomic mass is 16.3. The predicted molar refractivity (Wildman–Crippen MR) is 94.0 cm³/mol. The van der Waals surface area contributed by atoms with Gasteiger partial charge in [0.05, 0.1) is 11.4 Å². The number of aryl methyl sites for hydroxylation is 1. The highest BCUT2D eigenvalue weighted by molar-refractivity contribution is 5.58. The van der Waals surface area contributed by atoms with E-state index in [9.17, 15) is 0 Å². The highest BCUT2D eigenvalue weighted by Gasteiger charge is 2.20. The maximum absolute atomic E-state index is 5.28. The minimum atomic E-state index is 0.717. The molecule has 128 valence electrons. The summed E-state index contributed by atoms with van der Waals surface area (Å²) in [5, 5.41) is 0. The van der Waals surface area contributed by atoms with Crippen LogP contribution < -0.4 is 4.90 Å². The van der Waals surface area contributed by atoms with Gasteiger partial charge in [-0.15, -0.1) is 0 Å². The first-order chi connectivity index (χ1) is 12.3. The lowest BCUT2D eigenvalue weighted by molar-refractivity contribution is 0.246. The van der Waals surface area contributed by atoms with Gasteiger partial charge in [0.25, 0.3) is 0 Å². The van der Waals surface area contributed by atoms with Crippen molar-refractivity contribution < 1.29 is 4.42 Å². The van der Waals surface area contributed by atoms with Gasteiger partial charge in [0.1, 0.15) is 6.26 Å². The van der Waals surface area contributed by atoms with Gasteiger partial charge in [-0.3, -0.25) is 9.88 Å². The Hall–Kier alpha value is -2.80. The van der Waals surface area contributed by atoms with E-state index in [4.69, 9.17) is 9.40 Å². The van der Waals surface area contributed by atoms with Crippen LogP contribution in [0.25, 0.3) is 11.3 Å². The van der Waals surface area contributed by atoms with Crippen LogP contribution in [0.2, 0.25) is 0 Å². The molecule has 4 heterocycles. The quantitative estimate of drug-likeness (QED) is 0.723. The van der Waals surface area contributed by atoms with E-state index < -0.39 is 0 Å². The Kier molecular flexibility index (Phi) is 4.39. The third-order valence-electron chi connectivity index (χ3n) is 4.31. The van der Waals surface area contributed by atoms with Crippen LogP contribution in [0.15, 0.2) is 47.5 Å². The van der Waals surface area contributed by atoms with Crippen LogP contribution in [0, 0.1) is 6.92 Å². The molecule has 0 bridgehead atoms. The second-order valence-corrected chi connectivity index (χ2v) is 6.10. The second kappa shape index (κ2) is 6.98. The van der Waals surface area contributed by atoms with E-state index in [0.717, 1.165) is 55.6 Å². The monoisotopic (exact) mass is 336 g/mol. The molecule has 25 heavy (non-hydrogen) atoms. The Morgan fingerprint density at radius 3 is 2.68 bits per heavy atom. The molecule has 7 heteroatoms. The van der Waals surface area contributed by atoms with Gasteiger partial charge < -0.3 is 9.32 Å². The summed E-state index contributed by atoms with van der Waals surface area (Å²) in [4.78, 5) is 22.3. The molecule has 0 aromatic carbocycles. The molecule has 3 aromatic heterocycles. The summed E-state index contributed by atoms with van der Waals surface area (Å²) in [6.07, 6.45) is 7.14. The Morgan fingerprint density at radius 1 is 1.08 bits per heavy atom. The first-order valence-electron chi connectivity index (χ1n) is 8.40. The minimum absolute atomic E-state index is 0.717. The van der Waals surface area contributed by atoms with E-state index in [1.165, 1.54) is 0 Å². The average Bonchev–Trinajstić information content (AvgIpc) is 3.08. The van der Waals surface area contributed by atoms with Crippen LogP contribution in [0.3, 0.4) is 0 Å². The van der Waals surface area contributed by atoms with E-state index in [1.54, 1.807) is 12.5 Å². The average molecular weight is 336 g/mol. The molecule has 0 aliphatic carbocycles. The van der Waals surface area contributed by atoms with Crippen molar-refractivity contribution >= 4 is 5.95 Å². The first-order valence-corrected chi connectivity index (χ1v) is 8.40. The molecule has 1 fully saturated rings. The summed E-state index contributed by atoms with van der Waals surface area (Å²) in [7, 11) is 0. The van der Waals surface area contributed by atoms with Gasteiger partial charge in [-0.05, 0) is 18.2 Å². The predicted octanol–water partition coefficient (Wildman–Crippen LogP) is 2.16. The van der Waals surface area contributed by atoms with Crippen molar-refractivity contribution in [3.63, 3.8) is 0 Å². The Labute approximate surface area is 146 Å². The summed E-state index contributed by atoms with van der Waals surface area (Å²) >= 11 is 0. The molecule has 3 aromatic rings. The molecule has 1 saturated heterocycles. The fraction of sp³-hybridized carbons (Fsp3) is 0.333. The summed E-state index contributed by atoms with van der Waals surface area (Å²) < 4.78 is 5.28. The minimum Gasteiger partial charge on any atom is -0.449 e. The molecule has 1 aliphatic rings. The number of oxazole rings is 1. The van der Waals surface area contributed by atoms with Crippen molar-refractivity contribution in [3.05, 3.63) is 54.6 Å². The number of piperazine rings is 1. The van der Waals surface area contributed by atoms with E-state index in [2.05, 4.69) is 24.8 Å². The highest BCUT2D eigenvalue weighted by Crippen LogP contribution is 2.19. The Bertz CT molecular complexity index is 826. The van der Waals surface area contributed by atoms with Crippen molar-refractivity contribution in [2.24, 2.45) is 0 Å². The number of nitrogens with zero attached hydrogens (tertiary/aromatic N) is 6. The van der Waals surface area contributed by atoms with E-state index in [1.807, 2.05) is 37.5 Å². The Balaban J connectivity index is 1.41. The van der Waals surface area contributed by atoms with E-state index in [0.29, 0.717) is 5.89 Å². The zero-order valence-corrected chi connectivity index (χ0v) is 14.2. The summed E-state index contributed by atoms with van der Waals surface area (Å²) in [5.41, 5.74) is 2.89. The lowest BCUT2D eigenvalue weighted by atomic mass is 10.2. The van der Waals surface area contributed by atoms with Crippen LogP contribution in [-0.2, 0) is 6.54 Å². The third kappa shape index (κ3) is 3.66. The molecule has 0 unspecified atom stereocenters. The number of hydrogen-bond donors (Lipinski definition) is 0. The second-order valence-electron chi connectivity index (χ2n) is 6.10. The van der Waals surface area contributed by atoms with Crippen LogP contribution in [-0.4, -0.2) is 51.0 Å². The number of anilines is 1. The molecular weight excluding hydrogens is 316 g/mol. The molecule has 7 nitrogen and oxygen atoms in total. The van der Waals surface area contributed by atoms with Crippen LogP contribution in [0.4, 0.5) is 5.95 Å². The molecule has 0 atom stereocenters. The van der Waals surface area contributed by atoms with Gasteiger partial charge in [0.2, 0.25) is 5.95 Å². The van der Waals surface area contributed by atoms with Crippen LogP contribution >= 0.6 is 0 Å². The fourth-order valence-corrected chi connectivity index (χ4v) is 2.99. The molecule has 0 amide bonds. The van der Waals surface area contributed by atoms with Crippen molar-refractivity contribution in [1.82, 2.24) is 24.8 Å². The number of hydrogen-bond acceptors (Lipinski definition) is 7. The van der Waals surface area contributed by atoms with Crippen molar-refractivity contribution in [1.29, 1.82) is 0 Å². The number of aromatic nitrogens is 4. The van der Waals surface area contributed by atoms with Gasteiger partial charge in [0.15, 0.2) is 5.89 Å². The maximum atomic E-state index is 5.28. The van der Waals surface area contributed by atoms with Gasteiger partial charge in [-0.1, -0.05) is 0 Å². The number of pyridine rings is 1. The zero-order valence-electron chi connectivity index (χ0n) is 14.2. The molecule has 0 N–H and O–H groups in total.